The fourth-order valence-corrected chi connectivity index (χ4v) is 0. The van der Waals surface area contributed by atoms with E-state index in [0.717, 1.165) is 0 Å². The van der Waals surface area contributed by atoms with Gasteiger partial charge in [0.05, 0.1) is 0 Å². The molecule has 5 nitrogen and oxygen atoms in total. The van der Waals surface area contributed by atoms with Crippen molar-refractivity contribution < 1.29 is 66.3 Å². The van der Waals surface area contributed by atoms with Crippen molar-refractivity contribution in [2.45, 2.75) is 0 Å². The van der Waals surface area contributed by atoms with Crippen molar-refractivity contribution in [1.29, 1.82) is 0 Å². The summed E-state index contributed by atoms with van der Waals surface area (Å²) < 4.78 is 0. The second kappa shape index (κ2) is 90.6. The smallest absolute Gasteiger partial charge is 2.00 e. The molecular weight excluding hydrogens is 461 g/mol. The van der Waals surface area contributed by atoms with Crippen LogP contribution in [0.15, 0.2) is 0 Å². The normalized spacial score (nSPS) is 0. The second-order valence-corrected chi connectivity index (χ2v) is 0. The fourth-order valence-electron chi connectivity index (χ4n) is 0. The molecule has 0 spiro atoms. The van der Waals surface area contributed by atoms with Gasteiger partial charge in [0, 0.05) is 0 Å². The summed E-state index contributed by atoms with van der Waals surface area (Å²) in [6.07, 6.45) is 0. The molecule has 9 heteroatoms. The van der Waals surface area contributed by atoms with Crippen LogP contribution in [0.4, 0.5) is 0 Å². The third-order valence-electron chi connectivity index (χ3n) is 0. The Morgan fingerprint density at radius 3 is 0.333 bits per heavy atom. The van der Waals surface area contributed by atoms with Gasteiger partial charge in [-0.15, -0.1) is 0 Å². The molecule has 0 aromatic carbocycles. The summed E-state index contributed by atoms with van der Waals surface area (Å²) in [7, 11) is 0. The van der Waals surface area contributed by atoms with Crippen molar-refractivity contribution >= 4 is 91.0 Å². The zero-order chi connectivity index (χ0) is 0. The minimum absolute atomic E-state index is 0. The standard InChI is InChI=1S/5O.2Rh.2Sr/q5*-2;2*+3;2*+2. The van der Waals surface area contributed by atoms with Gasteiger partial charge in [-0.3, -0.25) is 0 Å². The fraction of sp³-hybridized carbons (Fsp3) is 0. The van der Waals surface area contributed by atoms with E-state index >= 15 is 0 Å². The van der Waals surface area contributed by atoms with Gasteiger partial charge in [-0.2, -0.15) is 0 Å². The van der Waals surface area contributed by atoms with E-state index in [4.69, 9.17) is 0 Å². The van der Waals surface area contributed by atoms with Crippen LogP contribution >= 0.6 is 0 Å². The molecule has 0 bridgehead atoms. The number of rotatable bonds is 0. The second-order valence-electron chi connectivity index (χ2n) is 0. The molecule has 0 N–H and O–H groups in total. The molecule has 0 saturated carbocycles. The van der Waals surface area contributed by atoms with Crippen molar-refractivity contribution in [3.05, 3.63) is 0 Å². The Hall–Kier alpha value is 4.01. The van der Waals surface area contributed by atoms with Crippen molar-refractivity contribution in [1.82, 2.24) is 0 Å². The molecule has 0 heterocycles. The summed E-state index contributed by atoms with van der Waals surface area (Å²) in [5.74, 6) is 0. The van der Waals surface area contributed by atoms with Gasteiger partial charge in [0.15, 0.2) is 0 Å². The van der Waals surface area contributed by atoms with Gasteiger partial charge in [-0.1, -0.05) is 0 Å². The average Bonchev–Trinajstić information content (AvgIpc) is 0. The maximum atomic E-state index is 0. The van der Waals surface area contributed by atoms with Gasteiger partial charge in [0.1, 0.15) is 0 Å². The number of hydrogen-bond donors (Lipinski definition) is 0. The molecule has 0 aliphatic carbocycles. The van der Waals surface area contributed by atoms with Crippen molar-refractivity contribution in [3.63, 3.8) is 0 Å². The monoisotopic (exact) mass is 462 g/mol. The van der Waals surface area contributed by atoms with Crippen LogP contribution in [0, 0.1) is 0 Å². The van der Waals surface area contributed by atoms with Crippen LogP contribution in [0.1, 0.15) is 0 Å². The van der Waals surface area contributed by atoms with Crippen LogP contribution in [-0.4, -0.2) is 91.0 Å². The van der Waals surface area contributed by atoms with Gasteiger partial charge in [0.25, 0.3) is 0 Å². The van der Waals surface area contributed by atoms with E-state index in [0.29, 0.717) is 0 Å². The maximum absolute atomic E-state index is 0. The summed E-state index contributed by atoms with van der Waals surface area (Å²) in [4.78, 5) is 0. The van der Waals surface area contributed by atoms with E-state index in [1.165, 1.54) is 0 Å². The molecule has 0 aliphatic rings. The van der Waals surface area contributed by atoms with E-state index < -0.39 is 0 Å². The number of hydrogen-bond acceptors (Lipinski definition) is 0. The minimum Gasteiger partial charge on any atom is -2.00 e. The van der Waals surface area contributed by atoms with Crippen LogP contribution in [0.25, 0.3) is 0 Å². The first-order chi connectivity index (χ1) is 0. The van der Waals surface area contributed by atoms with Crippen LogP contribution in [0.2, 0.25) is 0 Å². The Labute approximate surface area is 153 Å². The molecule has 0 fully saturated rings. The molecule has 0 rings (SSSR count). The average molecular weight is 461 g/mol. The molecule has 52 valence electrons. The molecule has 0 saturated heterocycles. The van der Waals surface area contributed by atoms with Gasteiger partial charge < -0.3 is 27.4 Å². The summed E-state index contributed by atoms with van der Waals surface area (Å²) in [5, 5.41) is 0. The van der Waals surface area contributed by atoms with Crippen LogP contribution in [0.3, 0.4) is 0 Å². The molecule has 9 heavy (non-hydrogen) atoms. The Morgan fingerprint density at radius 1 is 0.333 bits per heavy atom. The van der Waals surface area contributed by atoms with E-state index in [1.807, 2.05) is 0 Å². The molecule has 0 atom stereocenters. The zero-order valence-corrected chi connectivity index (χ0v) is 14.4. The molecule has 0 aromatic heterocycles. The van der Waals surface area contributed by atoms with E-state index in [1.54, 1.807) is 0 Å². The molecule has 0 amide bonds. The minimum atomic E-state index is 0. The van der Waals surface area contributed by atoms with Crippen LogP contribution in [0.5, 0.6) is 0 Å². The third kappa shape index (κ3) is 74.9. The van der Waals surface area contributed by atoms with E-state index in [-0.39, 0.29) is 157 Å². The van der Waals surface area contributed by atoms with Gasteiger partial charge >= 0.3 is 130 Å². The summed E-state index contributed by atoms with van der Waals surface area (Å²) in [5.41, 5.74) is 0. The Balaban J connectivity index is 0. The van der Waals surface area contributed by atoms with Crippen molar-refractivity contribution in [2.75, 3.05) is 0 Å². The van der Waals surface area contributed by atoms with Crippen LogP contribution < -0.4 is 0 Å². The zero-order valence-electron chi connectivity index (χ0n) is 4.12. The van der Waals surface area contributed by atoms with Gasteiger partial charge in [-0.05, 0) is 0 Å². The molecule has 0 aliphatic heterocycles. The molecule has 0 unspecified atom stereocenters. The van der Waals surface area contributed by atoms with Crippen molar-refractivity contribution in [2.24, 2.45) is 0 Å². The van der Waals surface area contributed by atoms with Gasteiger partial charge in [0.2, 0.25) is 0 Å². The quantitative estimate of drug-likeness (QED) is 0.393. The Kier molecular flexibility index (Phi) is 1180. The maximum Gasteiger partial charge on any atom is 3.00 e. The van der Waals surface area contributed by atoms with Crippen molar-refractivity contribution in [3.8, 4) is 0 Å². The first kappa shape index (κ1) is 117. The largest absolute Gasteiger partial charge is 3.00 e. The van der Waals surface area contributed by atoms with E-state index in [9.17, 15) is 0 Å². The summed E-state index contributed by atoms with van der Waals surface area (Å²) >= 11 is 0. The summed E-state index contributed by atoms with van der Waals surface area (Å²) in [6, 6.07) is 0. The van der Waals surface area contributed by atoms with E-state index in [2.05, 4.69) is 0 Å². The SMILES string of the molecule is [O-2].[O-2].[O-2].[O-2].[O-2].[Rh+3].[Rh+3].[Sr+2].[Sr+2]. The molecule has 0 aromatic rings. The third-order valence-corrected chi connectivity index (χ3v) is 0. The van der Waals surface area contributed by atoms with Gasteiger partial charge in [-0.25, -0.2) is 0 Å². The first-order valence-electron chi connectivity index (χ1n) is 0. The predicted octanol–water partition coefficient (Wildman–Crippen LogP) is -1.36. The Bertz CT molecular complexity index is 12.9. The molecular formula is O5Rh2Sr2. The Morgan fingerprint density at radius 2 is 0.333 bits per heavy atom. The predicted molar refractivity (Wildman–Crippen MR) is 14.9 cm³/mol. The topological polar surface area (TPSA) is 142 Å². The summed E-state index contributed by atoms with van der Waals surface area (Å²) in [6.45, 7) is 0. The van der Waals surface area contributed by atoms with Crippen LogP contribution in [-0.2, 0) is 66.3 Å². The molecule has 0 radical (unpaired) electrons. The first-order valence-corrected chi connectivity index (χ1v) is 0.